The van der Waals surface area contributed by atoms with Crippen LogP contribution >= 0.6 is 0 Å². The standard InChI is InChI=1S/C31H34N2O5/c1-7-37-26-17-10-22(18-20(26)4)29(34)27-28(21-8-15-25(16-9-21)38-19(2)3)33(31(36)30(27)35)24-13-11-23(12-14-24)32(5)6/h8-19,28,34H,7H2,1-6H3/b29-27-. The molecule has 1 N–H and O–H groups in total. The lowest BCUT2D eigenvalue weighted by Gasteiger charge is -2.26. The fraction of sp³-hybridized carbons (Fsp3) is 0.290. The summed E-state index contributed by atoms with van der Waals surface area (Å²) in [5.41, 5.74) is 3.50. The van der Waals surface area contributed by atoms with E-state index in [-0.39, 0.29) is 17.4 Å². The molecule has 3 aromatic rings. The highest BCUT2D eigenvalue weighted by atomic mass is 16.5. The minimum atomic E-state index is -0.819. The number of hydrogen-bond acceptors (Lipinski definition) is 6. The van der Waals surface area contributed by atoms with E-state index >= 15 is 0 Å². The summed E-state index contributed by atoms with van der Waals surface area (Å²) in [6.45, 7) is 8.17. The first-order chi connectivity index (χ1) is 18.1. The van der Waals surface area contributed by atoms with Crippen LogP contribution < -0.4 is 19.3 Å². The summed E-state index contributed by atoms with van der Waals surface area (Å²) in [5, 5.41) is 11.4. The maximum Gasteiger partial charge on any atom is 0.300 e. The molecule has 7 heteroatoms. The van der Waals surface area contributed by atoms with Crippen LogP contribution in [-0.4, -0.2) is 43.6 Å². The van der Waals surface area contributed by atoms with Gasteiger partial charge in [-0.15, -0.1) is 0 Å². The molecular formula is C31H34N2O5. The van der Waals surface area contributed by atoms with Gasteiger partial charge in [0.2, 0.25) is 0 Å². The number of rotatable bonds is 8. The summed E-state index contributed by atoms with van der Waals surface area (Å²) >= 11 is 0. The molecule has 1 aliphatic heterocycles. The number of carbonyl (C=O) groups is 2. The van der Waals surface area contributed by atoms with Gasteiger partial charge in [-0.25, -0.2) is 0 Å². The molecule has 1 fully saturated rings. The average Bonchev–Trinajstić information content (AvgIpc) is 3.15. The first-order valence-corrected chi connectivity index (χ1v) is 12.7. The van der Waals surface area contributed by atoms with Crippen LogP contribution in [0.2, 0.25) is 0 Å². The predicted octanol–water partition coefficient (Wildman–Crippen LogP) is 5.87. The van der Waals surface area contributed by atoms with Crippen molar-refractivity contribution in [3.8, 4) is 11.5 Å². The van der Waals surface area contributed by atoms with E-state index in [0.29, 0.717) is 34.9 Å². The van der Waals surface area contributed by atoms with Crippen LogP contribution in [0, 0.1) is 6.92 Å². The summed E-state index contributed by atoms with van der Waals surface area (Å²) in [6, 6.07) is 19.1. The number of carbonyl (C=O) groups excluding carboxylic acids is 2. The maximum atomic E-state index is 13.5. The number of aryl methyl sites for hydroxylation is 1. The Kier molecular flexibility index (Phi) is 7.76. The van der Waals surface area contributed by atoms with E-state index in [4.69, 9.17) is 9.47 Å². The van der Waals surface area contributed by atoms with E-state index in [2.05, 4.69) is 0 Å². The van der Waals surface area contributed by atoms with Crippen molar-refractivity contribution in [1.29, 1.82) is 0 Å². The summed E-state index contributed by atoms with van der Waals surface area (Å²) in [7, 11) is 3.86. The van der Waals surface area contributed by atoms with E-state index in [1.165, 1.54) is 4.90 Å². The Morgan fingerprint density at radius 1 is 1.00 bits per heavy atom. The van der Waals surface area contributed by atoms with Gasteiger partial charge < -0.3 is 19.5 Å². The van der Waals surface area contributed by atoms with Gasteiger partial charge in [-0.1, -0.05) is 12.1 Å². The van der Waals surface area contributed by atoms with Gasteiger partial charge in [0.05, 0.1) is 24.3 Å². The molecule has 1 saturated heterocycles. The number of aliphatic hydroxyl groups excluding tert-OH is 1. The normalized spacial score (nSPS) is 16.7. The molecule has 7 nitrogen and oxygen atoms in total. The number of ketones is 1. The van der Waals surface area contributed by atoms with Crippen molar-refractivity contribution in [3.63, 3.8) is 0 Å². The van der Waals surface area contributed by atoms with Gasteiger partial charge in [-0.2, -0.15) is 0 Å². The van der Waals surface area contributed by atoms with Crippen molar-refractivity contribution in [1.82, 2.24) is 0 Å². The van der Waals surface area contributed by atoms with Crippen LogP contribution in [0.4, 0.5) is 11.4 Å². The lowest BCUT2D eigenvalue weighted by atomic mass is 9.94. The minimum absolute atomic E-state index is 0.00426. The van der Waals surface area contributed by atoms with Crippen molar-refractivity contribution in [2.75, 3.05) is 30.5 Å². The fourth-order valence-corrected chi connectivity index (χ4v) is 4.60. The van der Waals surface area contributed by atoms with Crippen molar-refractivity contribution in [2.45, 2.75) is 39.8 Å². The van der Waals surface area contributed by atoms with Gasteiger partial charge in [0.15, 0.2) is 0 Å². The SMILES string of the molecule is CCOc1ccc(/C(O)=C2/C(=O)C(=O)N(c3ccc(N(C)C)cc3)C2c2ccc(OC(C)C)cc2)cc1C. The number of anilines is 2. The molecule has 1 aliphatic rings. The molecule has 3 aromatic carbocycles. The first-order valence-electron chi connectivity index (χ1n) is 12.7. The Bertz CT molecular complexity index is 1360. The highest BCUT2D eigenvalue weighted by Crippen LogP contribution is 2.43. The van der Waals surface area contributed by atoms with Crippen LogP contribution in [-0.2, 0) is 9.59 Å². The summed E-state index contributed by atoms with van der Waals surface area (Å²) < 4.78 is 11.4. The molecule has 198 valence electrons. The molecule has 1 amide bonds. The van der Waals surface area contributed by atoms with Crippen LogP contribution in [0.3, 0.4) is 0 Å². The first kappa shape index (κ1) is 26.8. The molecule has 1 atom stereocenters. The molecule has 0 saturated carbocycles. The van der Waals surface area contributed by atoms with Crippen molar-refractivity contribution in [2.24, 2.45) is 0 Å². The molecule has 1 heterocycles. The van der Waals surface area contributed by atoms with E-state index in [9.17, 15) is 14.7 Å². The number of ether oxygens (including phenoxy) is 2. The van der Waals surface area contributed by atoms with Gasteiger partial charge in [0.25, 0.3) is 11.7 Å². The molecule has 0 spiro atoms. The van der Waals surface area contributed by atoms with Crippen LogP contribution in [0.1, 0.15) is 43.5 Å². The lowest BCUT2D eigenvalue weighted by molar-refractivity contribution is -0.132. The predicted molar refractivity (Wildman–Crippen MR) is 150 cm³/mol. The second kappa shape index (κ2) is 11.0. The molecule has 0 aromatic heterocycles. The zero-order valence-electron chi connectivity index (χ0n) is 22.7. The average molecular weight is 515 g/mol. The Hall–Kier alpha value is -4.26. The van der Waals surface area contributed by atoms with Gasteiger partial charge in [0.1, 0.15) is 17.3 Å². The molecule has 38 heavy (non-hydrogen) atoms. The maximum absolute atomic E-state index is 13.5. The van der Waals surface area contributed by atoms with E-state index in [0.717, 1.165) is 11.3 Å². The number of amides is 1. The van der Waals surface area contributed by atoms with E-state index < -0.39 is 17.7 Å². The minimum Gasteiger partial charge on any atom is -0.507 e. The molecule has 0 radical (unpaired) electrons. The topological polar surface area (TPSA) is 79.3 Å². The summed E-state index contributed by atoms with van der Waals surface area (Å²) in [4.78, 5) is 30.3. The Morgan fingerprint density at radius 3 is 2.21 bits per heavy atom. The zero-order valence-corrected chi connectivity index (χ0v) is 22.7. The monoisotopic (exact) mass is 514 g/mol. The zero-order chi connectivity index (χ0) is 27.6. The van der Waals surface area contributed by atoms with Crippen molar-refractivity contribution in [3.05, 3.63) is 89.0 Å². The molecule has 4 rings (SSSR count). The Morgan fingerprint density at radius 2 is 1.66 bits per heavy atom. The number of benzene rings is 3. The molecule has 0 bridgehead atoms. The fourth-order valence-electron chi connectivity index (χ4n) is 4.60. The summed E-state index contributed by atoms with van der Waals surface area (Å²) in [6.07, 6.45) is 0.00426. The van der Waals surface area contributed by atoms with Crippen LogP contribution in [0.5, 0.6) is 11.5 Å². The highest BCUT2D eigenvalue weighted by Gasteiger charge is 2.47. The second-order valence-corrected chi connectivity index (χ2v) is 9.73. The van der Waals surface area contributed by atoms with Gasteiger partial charge >= 0.3 is 0 Å². The second-order valence-electron chi connectivity index (χ2n) is 9.73. The third kappa shape index (κ3) is 5.23. The largest absolute Gasteiger partial charge is 0.507 e. The van der Waals surface area contributed by atoms with Crippen LogP contribution in [0.15, 0.2) is 72.3 Å². The number of nitrogens with zero attached hydrogens (tertiary/aromatic N) is 2. The van der Waals surface area contributed by atoms with Gasteiger partial charge in [0, 0.05) is 31.0 Å². The van der Waals surface area contributed by atoms with Crippen molar-refractivity contribution >= 4 is 28.8 Å². The third-order valence-corrected chi connectivity index (χ3v) is 6.40. The van der Waals surface area contributed by atoms with Gasteiger partial charge in [-0.05, 0) is 93.4 Å². The van der Waals surface area contributed by atoms with Crippen molar-refractivity contribution < 1.29 is 24.2 Å². The van der Waals surface area contributed by atoms with Crippen LogP contribution in [0.25, 0.3) is 5.76 Å². The van der Waals surface area contributed by atoms with E-state index in [1.54, 1.807) is 18.2 Å². The molecule has 0 aliphatic carbocycles. The highest BCUT2D eigenvalue weighted by molar-refractivity contribution is 6.51. The third-order valence-electron chi connectivity index (χ3n) is 6.40. The Balaban J connectivity index is 1.86. The summed E-state index contributed by atoms with van der Waals surface area (Å²) in [5.74, 6) is -0.284. The van der Waals surface area contributed by atoms with E-state index in [1.807, 2.05) is 95.2 Å². The molecule has 1 unspecified atom stereocenters. The number of hydrogen-bond donors (Lipinski definition) is 1. The number of Topliss-reactive ketones (excluding diaryl/α,β-unsaturated/α-hetero) is 1. The number of aliphatic hydroxyl groups is 1. The Labute approximate surface area is 223 Å². The van der Waals surface area contributed by atoms with Gasteiger partial charge in [-0.3, -0.25) is 14.5 Å². The lowest BCUT2D eigenvalue weighted by Crippen LogP contribution is -2.29. The quantitative estimate of drug-likeness (QED) is 0.230. The molecular weight excluding hydrogens is 480 g/mol. The smallest absolute Gasteiger partial charge is 0.300 e.